The van der Waals surface area contributed by atoms with Gasteiger partial charge in [0.05, 0.1) is 16.3 Å². The highest BCUT2D eigenvalue weighted by molar-refractivity contribution is 7.93. The normalized spacial score (nSPS) is 12.7. The molecule has 1 heterocycles. The number of fused-ring (bicyclic) bond motifs is 1. The van der Waals surface area contributed by atoms with Gasteiger partial charge in [-0.1, -0.05) is 43.1 Å². The van der Waals surface area contributed by atoms with Gasteiger partial charge >= 0.3 is 12.0 Å². The van der Waals surface area contributed by atoms with Gasteiger partial charge in [0.2, 0.25) is 0 Å². The topological polar surface area (TPSA) is 122 Å². The number of rotatable bonds is 8. The predicted molar refractivity (Wildman–Crippen MR) is 123 cm³/mol. The van der Waals surface area contributed by atoms with Crippen molar-refractivity contribution in [1.29, 1.82) is 0 Å². The number of nitrogens with zero attached hydrogens (tertiary/aromatic N) is 1. The number of para-hydroxylation sites is 1. The first-order valence-electron chi connectivity index (χ1n) is 10.4. The molecule has 0 radical (unpaired) electrons. The highest BCUT2D eigenvalue weighted by Crippen LogP contribution is 2.35. The second-order valence-electron chi connectivity index (χ2n) is 7.33. The zero-order valence-corrected chi connectivity index (χ0v) is 19.5. The number of halogens is 1. The van der Waals surface area contributed by atoms with Gasteiger partial charge in [0.25, 0.3) is 15.9 Å². The van der Waals surface area contributed by atoms with Gasteiger partial charge in [-0.3, -0.25) is 14.4 Å². The minimum Gasteiger partial charge on any atom is -0.452 e. The minimum atomic E-state index is -4.04. The van der Waals surface area contributed by atoms with Crippen LogP contribution in [0.5, 0.6) is 0 Å². The maximum absolute atomic E-state index is 13.3. The lowest BCUT2D eigenvalue weighted by Gasteiger charge is -2.20. The molecule has 2 aromatic carbocycles. The fourth-order valence-electron chi connectivity index (χ4n) is 3.30. The molecule has 3 rings (SSSR count). The van der Waals surface area contributed by atoms with Crippen molar-refractivity contribution < 1.29 is 27.5 Å². The van der Waals surface area contributed by atoms with Gasteiger partial charge in [-0.25, -0.2) is 18.0 Å². The summed E-state index contributed by atoms with van der Waals surface area (Å²) < 4.78 is 32.7. The van der Waals surface area contributed by atoms with Crippen molar-refractivity contribution in [3.05, 3.63) is 58.6 Å². The third kappa shape index (κ3) is 5.82. The fraction of sp³-hybridized carbons (Fsp3) is 0.318. The summed E-state index contributed by atoms with van der Waals surface area (Å²) >= 11 is 6.16. The van der Waals surface area contributed by atoms with E-state index in [2.05, 4.69) is 5.32 Å². The van der Waals surface area contributed by atoms with Crippen LogP contribution >= 0.6 is 11.6 Å². The van der Waals surface area contributed by atoms with Crippen LogP contribution in [0, 0.1) is 0 Å². The molecular weight excluding hydrogens is 470 g/mol. The van der Waals surface area contributed by atoms with Crippen LogP contribution in [0.4, 0.5) is 10.5 Å². The molecule has 0 aromatic heterocycles. The second kappa shape index (κ2) is 10.7. The number of urea groups is 1. The number of hydrogen-bond acceptors (Lipinski definition) is 6. The Morgan fingerprint density at radius 1 is 1.15 bits per heavy atom. The quantitative estimate of drug-likeness (QED) is 0.430. The van der Waals surface area contributed by atoms with Gasteiger partial charge < -0.3 is 10.1 Å². The summed E-state index contributed by atoms with van der Waals surface area (Å²) in [4.78, 5) is 35.6. The van der Waals surface area contributed by atoms with Crippen molar-refractivity contribution in [2.24, 2.45) is 0 Å². The molecular formula is C22H24ClN3O6S. The van der Waals surface area contributed by atoms with E-state index in [1.807, 2.05) is 24.4 Å². The Bertz CT molecular complexity index is 1170. The van der Waals surface area contributed by atoms with E-state index < -0.39 is 34.5 Å². The molecule has 1 aliphatic rings. The summed E-state index contributed by atoms with van der Waals surface area (Å²) in [6.45, 7) is 1.93. The number of esters is 1. The van der Waals surface area contributed by atoms with E-state index >= 15 is 0 Å². The number of ether oxygens (including phenoxy) is 1. The molecule has 0 aliphatic carbocycles. The molecule has 9 nitrogen and oxygen atoms in total. The van der Waals surface area contributed by atoms with E-state index in [1.165, 1.54) is 16.4 Å². The third-order valence-corrected chi connectivity index (χ3v) is 7.28. The molecule has 0 saturated heterocycles. The van der Waals surface area contributed by atoms with Crippen molar-refractivity contribution in [3.8, 4) is 0 Å². The molecule has 0 spiro atoms. The number of amides is 3. The number of unbranched alkanes of at least 4 members (excludes halogenated alkanes) is 1. The Morgan fingerprint density at radius 2 is 1.91 bits per heavy atom. The van der Waals surface area contributed by atoms with E-state index in [-0.39, 0.29) is 22.0 Å². The number of carbonyl (C=O) groups excluding carboxylic acids is 3. The number of anilines is 1. The fourth-order valence-corrected chi connectivity index (χ4v) is 5.31. The molecule has 0 bridgehead atoms. The van der Waals surface area contributed by atoms with Crippen LogP contribution < -0.4 is 14.9 Å². The Balaban J connectivity index is 1.68. The lowest BCUT2D eigenvalue weighted by atomic mass is 10.2. The molecule has 2 aromatic rings. The SMILES string of the molecule is CCCCNC(=O)NC(=O)COC(=O)c1ccc(Cl)c(S(=O)(=O)N2CCc3ccccc32)c1. The Hall–Kier alpha value is -3.11. The highest BCUT2D eigenvalue weighted by atomic mass is 35.5. The van der Waals surface area contributed by atoms with E-state index in [9.17, 15) is 22.8 Å². The van der Waals surface area contributed by atoms with Crippen molar-refractivity contribution in [3.63, 3.8) is 0 Å². The first kappa shape index (κ1) is 24.5. The molecule has 0 atom stereocenters. The molecule has 0 saturated carbocycles. The zero-order valence-electron chi connectivity index (χ0n) is 18.0. The largest absolute Gasteiger partial charge is 0.452 e. The average Bonchev–Trinajstić information content (AvgIpc) is 3.23. The first-order chi connectivity index (χ1) is 15.7. The van der Waals surface area contributed by atoms with Gasteiger partial charge in [0, 0.05) is 13.1 Å². The number of nitrogens with one attached hydrogen (secondary N) is 2. The van der Waals surface area contributed by atoms with Crippen molar-refractivity contribution in [2.75, 3.05) is 24.0 Å². The molecule has 176 valence electrons. The first-order valence-corrected chi connectivity index (χ1v) is 12.2. The van der Waals surface area contributed by atoms with E-state index in [1.54, 1.807) is 12.1 Å². The number of benzene rings is 2. The summed E-state index contributed by atoms with van der Waals surface area (Å²) in [5.41, 5.74) is 1.37. The lowest BCUT2D eigenvalue weighted by Crippen LogP contribution is -2.41. The Labute approximate surface area is 197 Å². The van der Waals surface area contributed by atoms with Crippen molar-refractivity contribution in [1.82, 2.24) is 10.6 Å². The summed E-state index contributed by atoms with van der Waals surface area (Å²) in [6.07, 6.45) is 2.21. The molecule has 0 fully saturated rings. The van der Waals surface area contributed by atoms with Crippen LogP contribution in [0.15, 0.2) is 47.4 Å². The molecule has 2 N–H and O–H groups in total. The molecule has 1 aliphatic heterocycles. The molecule has 11 heteroatoms. The predicted octanol–water partition coefficient (Wildman–Crippen LogP) is 2.87. The monoisotopic (exact) mass is 493 g/mol. The van der Waals surface area contributed by atoms with Crippen LogP contribution in [0.25, 0.3) is 0 Å². The smallest absolute Gasteiger partial charge is 0.338 e. The van der Waals surface area contributed by atoms with Gasteiger partial charge in [0.1, 0.15) is 4.90 Å². The number of imide groups is 1. The number of hydrogen-bond donors (Lipinski definition) is 2. The zero-order chi connectivity index (χ0) is 24.0. The second-order valence-corrected chi connectivity index (χ2v) is 9.57. The van der Waals surface area contributed by atoms with Gasteiger partial charge in [-0.2, -0.15) is 0 Å². The Kier molecular flexibility index (Phi) is 7.93. The summed E-state index contributed by atoms with van der Waals surface area (Å²) in [6, 6.07) is 10.2. The van der Waals surface area contributed by atoms with E-state index in [4.69, 9.17) is 16.3 Å². The van der Waals surface area contributed by atoms with E-state index in [0.717, 1.165) is 24.5 Å². The lowest BCUT2D eigenvalue weighted by molar-refractivity contribution is -0.123. The van der Waals surface area contributed by atoms with Crippen LogP contribution in [0.2, 0.25) is 5.02 Å². The van der Waals surface area contributed by atoms with Crippen LogP contribution in [-0.2, 0) is 26.0 Å². The summed E-state index contributed by atoms with van der Waals surface area (Å²) in [5, 5.41) is 4.50. The molecule has 3 amide bonds. The summed E-state index contributed by atoms with van der Waals surface area (Å²) in [5.74, 6) is -1.74. The maximum atomic E-state index is 13.3. The van der Waals surface area contributed by atoms with Crippen molar-refractivity contribution >= 4 is 45.2 Å². The van der Waals surface area contributed by atoms with Crippen LogP contribution in [0.1, 0.15) is 35.7 Å². The standard InChI is InChI=1S/C22H24ClN3O6S/c1-2-3-11-24-22(29)25-20(27)14-32-21(28)16-8-9-17(23)19(13-16)33(30,31)26-12-10-15-6-4-5-7-18(15)26/h4-9,13H,2-3,10-12,14H2,1H3,(H2,24,25,27,29). The number of sulfonamides is 1. The van der Waals surface area contributed by atoms with Crippen LogP contribution in [0.3, 0.4) is 0 Å². The Morgan fingerprint density at radius 3 is 2.67 bits per heavy atom. The van der Waals surface area contributed by atoms with Gasteiger partial charge in [0.15, 0.2) is 6.61 Å². The van der Waals surface area contributed by atoms with Gasteiger partial charge in [-0.15, -0.1) is 0 Å². The maximum Gasteiger partial charge on any atom is 0.338 e. The van der Waals surface area contributed by atoms with Crippen LogP contribution in [-0.4, -0.2) is 46.0 Å². The average molecular weight is 494 g/mol. The summed E-state index contributed by atoms with van der Waals surface area (Å²) in [7, 11) is -4.04. The minimum absolute atomic E-state index is 0.0441. The third-order valence-electron chi connectivity index (χ3n) is 4.98. The van der Waals surface area contributed by atoms with E-state index in [0.29, 0.717) is 18.7 Å². The van der Waals surface area contributed by atoms with Gasteiger partial charge in [-0.05, 0) is 42.7 Å². The van der Waals surface area contributed by atoms with Crippen molar-refractivity contribution in [2.45, 2.75) is 31.1 Å². The number of carbonyl (C=O) groups is 3. The molecule has 0 unspecified atom stereocenters. The molecule has 33 heavy (non-hydrogen) atoms. The highest BCUT2D eigenvalue weighted by Gasteiger charge is 2.32.